The molecule has 0 aliphatic carbocycles. The molecule has 112 valence electrons. The van der Waals surface area contributed by atoms with Crippen LogP contribution in [0.1, 0.15) is 24.7 Å². The number of halogens is 1. The molecule has 1 aliphatic heterocycles. The summed E-state index contributed by atoms with van der Waals surface area (Å²) in [7, 11) is 0. The monoisotopic (exact) mass is 297 g/mol. The molecule has 1 saturated heterocycles. The summed E-state index contributed by atoms with van der Waals surface area (Å²) in [6, 6.07) is 10.4. The molecular weight excluding hydrogens is 281 g/mol. The van der Waals surface area contributed by atoms with Crippen LogP contribution in [0.2, 0.25) is 0 Å². The van der Waals surface area contributed by atoms with Gasteiger partial charge in [0.05, 0.1) is 5.92 Å². The van der Waals surface area contributed by atoms with E-state index in [1.165, 1.54) is 12.1 Å². The number of oxazole rings is 1. The van der Waals surface area contributed by atoms with Crippen LogP contribution in [0.4, 0.5) is 10.2 Å². The lowest BCUT2D eigenvalue weighted by Crippen LogP contribution is -2.34. The van der Waals surface area contributed by atoms with Crippen molar-refractivity contribution in [2.75, 3.05) is 18.0 Å². The Labute approximate surface area is 127 Å². The average Bonchev–Trinajstić information content (AvgIpc) is 2.99. The van der Waals surface area contributed by atoms with Crippen molar-refractivity contribution in [3.05, 3.63) is 54.3 Å². The molecule has 1 atom stereocenters. The van der Waals surface area contributed by atoms with E-state index < -0.39 is 0 Å². The Hall–Kier alpha value is -2.43. The highest BCUT2D eigenvalue weighted by molar-refractivity contribution is 5.72. The Kier molecular flexibility index (Phi) is 3.25. The minimum Gasteiger partial charge on any atom is -0.440 e. The fraction of sp³-hybridized carbons (Fsp3) is 0.294. The van der Waals surface area contributed by atoms with E-state index in [0.717, 1.165) is 31.7 Å². The molecule has 0 spiro atoms. The summed E-state index contributed by atoms with van der Waals surface area (Å²) < 4.78 is 19.0. The van der Waals surface area contributed by atoms with Crippen LogP contribution in [0.25, 0.3) is 11.1 Å². The minimum absolute atomic E-state index is 0.214. The molecule has 2 aromatic heterocycles. The van der Waals surface area contributed by atoms with Crippen molar-refractivity contribution < 1.29 is 8.81 Å². The van der Waals surface area contributed by atoms with E-state index in [-0.39, 0.29) is 11.7 Å². The maximum Gasteiger partial charge on any atom is 0.200 e. The standard InChI is InChI=1S/C17H16FN3O/c18-13-6-7-14-15(10-13)22-17(20-14)12-4-3-9-21(11-12)16-5-1-2-8-19-16/h1-2,5-8,10,12H,3-4,9,11H2. The Balaban J connectivity index is 1.61. The van der Waals surface area contributed by atoms with Gasteiger partial charge in [-0.15, -0.1) is 0 Å². The Bertz CT molecular complexity index is 787. The fourth-order valence-electron chi connectivity index (χ4n) is 3.02. The SMILES string of the molecule is Fc1ccc2nc(C3CCCN(c4ccccn4)C3)oc2c1. The number of benzene rings is 1. The van der Waals surface area contributed by atoms with Crippen LogP contribution in [-0.4, -0.2) is 23.1 Å². The number of hydrogen-bond donors (Lipinski definition) is 0. The van der Waals surface area contributed by atoms with E-state index in [4.69, 9.17) is 4.42 Å². The molecule has 0 radical (unpaired) electrons. The highest BCUT2D eigenvalue weighted by Gasteiger charge is 2.26. The first-order chi connectivity index (χ1) is 10.8. The molecule has 4 nitrogen and oxygen atoms in total. The first-order valence-corrected chi connectivity index (χ1v) is 7.51. The summed E-state index contributed by atoms with van der Waals surface area (Å²) in [6.45, 7) is 1.81. The zero-order chi connectivity index (χ0) is 14.9. The van der Waals surface area contributed by atoms with E-state index in [1.54, 1.807) is 12.3 Å². The van der Waals surface area contributed by atoms with E-state index in [0.29, 0.717) is 17.0 Å². The number of pyridine rings is 1. The average molecular weight is 297 g/mol. The number of fused-ring (bicyclic) bond motifs is 1. The summed E-state index contributed by atoms with van der Waals surface area (Å²) >= 11 is 0. The molecule has 3 aromatic rings. The van der Waals surface area contributed by atoms with Crippen molar-refractivity contribution in [2.24, 2.45) is 0 Å². The number of nitrogens with zero attached hydrogens (tertiary/aromatic N) is 3. The second-order valence-electron chi connectivity index (χ2n) is 5.64. The predicted molar refractivity (Wildman–Crippen MR) is 82.4 cm³/mol. The molecule has 0 amide bonds. The molecule has 0 saturated carbocycles. The zero-order valence-electron chi connectivity index (χ0n) is 12.1. The fourth-order valence-corrected chi connectivity index (χ4v) is 3.02. The van der Waals surface area contributed by atoms with Crippen LogP contribution >= 0.6 is 0 Å². The Morgan fingerprint density at radius 2 is 2.18 bits per heavy atom. The van der Waals surface area contributed by atoms with Crippen LogP contribution < -0.4 is 4.90 Å². The molecular formula is C17H16FN3O. The van der Waals surface area contributed by atoms with Crippen LogP contribution in [0.3, 0.4) is 0 Å². The highest BCUT2D eigenvalue weighted by atomic mass is 19.1. The molecule has 4 rings (SSSR count). The lowest BCUT2D eigenvalue weighted by atomic mass is 9.98. The molecule has 22 heavy (non-hydrogen) atoms. The smallest absolute Gasteiger partial charge is 0.200 e. The van der Waals surface area contributed by atoms with Gasteiger partial charge in [0.15, 0.2) is 11.5 Å². The highest BCUT2D eigenvalue weighted by Crippen LogP contribution is 2.30. The molecule has 1 aromatic carbocycles. The van der Waals surface area contributed by atoms with Gasteiger partial charge in [-0.3, -0.25) is 0 Å². The second-order valence-corrected chi connectivity index (χ2v) is 5.64. The van der Waals surface area contributed by atoms with Gasteiger partial charge in [-0.05, 0) is 37.1 Å². The van der Waals surface area contributed by atoms with Crippen molar-refractivity contribution in [1.82, 2.24) is 9.97 Å². The summed E-state index contributed by atoms with van der Waals surface area (Å²) in [6.07, 6.45) is 3.90. The summed E-state index contributed by atoms with van der Waals surface area (Å²) in [5, 5.41) is 0. The number of aromatic nitrogens is 2. The van der Waals surface area contributed by atoms with Crippen molar-refractivity contribution in [2.45, 2.75) is 18.8 Å². The molecule has 5 heteroatoms. The molecule has 0 bridgehead atoms. The Morgan fingerprint density at radius 1 is 1.23 bits per heavy atom. The first-order valence-electron chi connectivity index (χ1n) is 7.51. The largest absolute Gasteiger partial charge is 0.440 e. The molecule has 1 aliphatic rings. The lowest BCUT2D eigenvalue weighted by Gasteiger charge is -2.32. The van der Waals surface area contributed by atoms with Gasteiger partial charge < -0.3 is 9.32 Å². The third kappa shape index (κ3) is 2.43. The van der Waals surface area contributed by atoms with E-state index in [9.17, 15) is 4.39 Å². The molecule has 3 heterocycles. The van der Waals surface area contributed by atoms with E-state index >= 15 is 0 Å². The maximum atomic E-state index is 13.3. The van der Waals surface area contributed by atoms with E-state index in [2.05, 4.69) is 14.9 Å². The normalized spacial score (nSPS) is 18.8. The molecule has 1 unspecified atom stereocenters. The second kappa shape index (κ2) is 5.40. The van der Waals surface area contributed by atoms with Gasteiger partial charge in [-0.1, -0.05) is 6.07 Å². The van der Waals surface area contributed by atoms with Crippen LogP contribution in [0.5, 0.6) is 0 Å². The van der Waals surface area contributed by atoms with Gasteiger partial charge in [0, 0.05) is 25.4 Å². The van der Waals surface area contributed by atoms with Gasteiger partial charge in [0.2, 0.25) is 0 Å². The van der Waals surface area contributed by atoms with Gasteiger partial charge in [0.1, 0.15) is 17.2 Å². The zero-order valence-corrected chi connectivity index (χ0v) is 12.1. The van der Waals surface area contributed by atoms with Crippen LogP contribution in [-0.2, 0) is 0 Å². The van der Waals surface area contributed by atoms with Crippen molar-refractivity contribution in [3.63, 3.8) is 0 Å². The third-order valence-electron chi connectivity index (χ3n) is 4.11. The number of piperidine rings is 1. The maximum absolute atomic E-state index is 13.3. The van der Waals surface area contributed by atoms with E-state index in [1.807, 2.05) is 18.2 Å². The van der Waals surface area contributed by atoms with Gasteiger partial charge in [0.25, 0.3) is 0 Å². The Morgan fingerprint density at radius 3 is 3.05 bits per heavy atom. The van der Waals surface area contributed by atoms with Crippen molar-refractivity contribution in [1.29, 1.82) is 0 Å². The summed E-state index contributed by atoms with van der Waals surface area (Å²) in [4.78, 5) is 11.2. The first kappa shape index (κ1) is 13.2. The van der Waals surface area contributed by atoms with Crippen LogP contribution in [0.15, 0.2) is 47.0 Å². The third-order valence-corrected chi connectivity index (χ3v) is 4.11. The van der Waals surface area contributed by atoms with Crippen molar-refractivity contribution in [3.8, 4) is 0 Å². The quantitative estimate of drug-likeness (QED) is 0.722. The minimum atomic E-state index is -0.297. The van der Waals surface area contributed by atoms with Crippen molar-refractivity contribution >= 4 is 16.9 Å². The molecule has 0 N–H and O–H groups in total. The summed E-state index contributed by atoms with van der Waals surface area (Å²) in [5.74, 6) is 1.59. The topological polar surface area (TPSA) is 42.2 Å². The van der Waals surface area contributed by atoms with Gasteiger partial charge in [-0.25, -0.2) is 14.4 Å². The molecule has 1 fully saturated rings. The number of rotatable bonds is 2. The van der Waals surface area contributed by atoms with Gasteiger partial charge in [-0.2, -0.15) is 0 Å². The van der Waals surface area contributed by atoms with Gasteiger partial charge >= 0.3 is 0 Å². The summed E-state index contributed by atoms with van der Waals surface area (Å²) in [5.41, 5.74) is 1.23. The number of anilines is 1. The lowest BCUT2D eigenvalue weighted by molar-refractivity contribution is 0.412. The predicted octanol–water partition coefficient (Wildman–Crippen LogP) is 3.75. The van der Waals surface area contributed by atoms with Crippen LogP contribution in [0, 0.1) is 5.82 Å². The number of hydrogen-bond acceptors (Lipinski definition) is 4.